The number of rotatable bonds is 2. The maximum absolute atomic E-state index is 12.3. The van der Waals surface area contributed by atoms with Crippen LogP contribution >= 0.6 is 15.9 Å². The van der Waals surface area contributed by atoms with Crippen molar-refractivity contribution in [1.82, 2.24) is 10.2 Å². The Morgan fingerprint density at radius 1 is 1.30 bits per heavy atom. The van der Waals surface area contributed by atoms with Crippen LogP contribution in [0.1, 0.15) is 30.9 Å². The second-order valence-electron chi connectivity index (χ2n) is 6.60. The van der Waals surface area contributed by atoms with Gasteiger partial charge in [0.05, 0.1) is 12.6 Å². The molecule has 3 fully saturated rings. The number of ether oxygens (including phenoxy) is 2. The topological polar surface area (TPSA) is 50.8 Å². The highest BCUT2D eigenvalue weighted by molar-refractivity contribution is 9.10. The van der Waals surface area contributed by atoms with Crippen molar-refractivity contribution in [3.63, 3.8) is 0 Å². The Hall–Kier alpha value is -1.27. The van der Waals surface area contributed by atoms with E-state index < -0.39 is 0 Å². The third-order valence-electron chi connectivity index (χ3n) is 5.16. The van der Waals surface area contributed by atoms with Gasteiger partial charge in [0.15, 0.2) is 0 Å². The first-order chi connectivity index (χ1) is 11.2. The van der Waals surface area contributed by atoms with Crippen LogP contribution in [0, 0.1) is 5.92 Å². The molecule has 4 aliphatic heterocycles. The van der Waals surface area contributed by atoms with Crippen molar-refractivity contribution in [1.29, 1.82) is 0 Å². The first-order valence-corrected chi connectivity index (χ1v) is 9.10. The Balaban J connectivity index is 1.40. The molecule has 5 rings (SSSR count). The third kappa shape index (κ3) is 3.19. The molecule has 2 bridgehead atoms. The summed E-state index contributed by atoms with van der Waals surface area (Å²) >= 11 is 3.45. The summed E-state index contributed by atoms with van der Waals surface area (Å²) in [6.07, 6.45) is 2.80. The smallest absolute Gasteiger partial charge is 0.407 e. The summed E-state index contributed by atoms with van der Waals surface area (Å²) in [5.74, 6) is 1.36. The number of amides is 1. The van der Waals surface area contributed by atoms with Gasteiger partial charge in [0.1, 0.15) is 11.9 Å². The van der Waals surface area contributed by atoms with Gasteiger partial charge in [-0.1, -0.05) is 22.0 Å². The van der Waals surface area contributed by atoms with Crippen LogP contribution in [0.25, 0.3) is 0 Å². The first-order valence-electron chi connectivity index (χ1n) is 8.31. The zero-order valence-electron chi connectivity index (χ0n) is 13.0. The summed E-state index contributed by atoms with van der Waals surface area (Å²) < 4.78 is 12.4. The molecule has 6 heteroatoms. The molecule has 0 aliphatic carbocycles. The predicted octanol–water partition coefficient (Wildman–Crippen LogP) is 3.09. The van der Waals surface area contributed by atoms with E-state index in [-0.39, 0.29) is 18.2 Å². The molecule has 4 aliphatic rings. The average molecular weight is 381 g/mol. The fraction of sp³-hybridized carbons (Fsp3) is 0.588. The Bertz CT molecular complexity index is 602. The number of nitrogens with one attached hydrogen (secondary N) is 1. The molecule has 0 radical (unpaired) electrons. The first kappa shape index (κ1) is 15.3. The van der Waals surface area contributed by atoms with Crippen LogP contribution in [0.15, 0.2) is 22.7 Å². The summed E-state index contributed by atoms with van der Waals surface area (Å²) in [4.78, 5) is 14.7. The molecule has 0 spiro atoms. The monoisotopic (exact) mass is 380 g/mol. The fourth-order valence-electron chi connectivity index (χ4n) is 3.87. The standard InChI is InChI=1S/C17H21BrN2O3/c18-12-1-2-13-14(5-8-22-15(13)9-12)19-17(21)23-16-10-20-6-3-11(16)4-7-20/h1-2,9,11,14,16H,3-8,10H2,(H,19,21)/t14?,16-/m0/s1. The fourth-order valence-corrected chi connectivity index (χ4v) is 4.21. The summed E-state index contributed by atoms with van der Waals surface area (Å²) in [7, 11) is 0. The lowest BCUT2D eigenvalue weighted by atomic mass is 9.86. The van der Waals surface area contributed by atoms with Crippen molar-refractivity contribution < 1.29 is 14.3 Å². The van der Waals surface area contributed by atoms with E-state index >= 15 is 0 Å². The molecule has 0 saturated carbocycles. The van der Waals surface area contributed by atoms with Gasteiger partial charge in [0, 0.05) is 23.0 Å². The van der Waals surface area contributed by atoms with E-state index in [0.717, 1.165) is 54.7 Å². The quantitative estimate of drug-likeness (QED) is 0.856. The van der Waals surface area contributed by atoms with Crippen molar-refractivity contribution in [2.45, 2.75) is 31.4 Å². The average Bonchev–Trinajstić information content (AvgIpc) is 2.56. The molecule has 4 heterocycles. The molecular formula is C17H21BrN2O3. The molecule has 1 aromatic carbocycles. The van der Waals surface area contributed by atoms with Crippen LogP contribution in [-0.2, 0) is 4.74 Å². The summed E-state index contributed by atoms with van der Waals surface area (Å²) in [6.45, 7) is 3.78. The molecule has 3 saturated heterocycles. The van der Waals surface area contributed by atoms with Crippen LogP contribution < -0.4 is 10.1 Å². The van der Waals surface area contributed by atoms with Gasteiger partial charge in [-0.25, -0.2) is 4.79 Å². The minimum atomic E-state index is -0.301. The predicted molar refractivity (Wildman–Crippen MR) is 89.6 cm³/mol. The van der Waals surface area contributed by atoms with Crippen molar-refractivity contribution >= 4 is 22.0 Å². The molecule has 1 N–H and O–H groups in total. The lowest BCUT2D eigenvalue weighted by Crippen LogP contribution is -2.52. The van der Waals surface area contributed by atoms with Crippen molar-refractivity contribution in [3.05, 3.63) is 28.2 Å². The largest absolute Gasteiger partial charge is 0.493 e. The lowest BCUT2D eigenvalue weighted by Gasteiger charge is -2.44. The molecule has 0 aromatic heterocycles. The Kier molecular flexibility index (Phi) is 4.20. The Labute approximate surface area is 144 Å². The number of nitrogens with zero attached hydrogens (tertiary/aromatic N) is 1. The number of hydrogen-bond acceptors (Lipinski definition) is 4. The number of carbonyl (C=O) groups excluding carboxylic acids is 1. The van der Waals surface area contributed by atoms with Gasteiger partial charge in [-0.3, -0.25) is 4.90 Å². The van der Waals surface area contributed by atoms with Crippen LogP contribution in [0.3, 0.4) is 0 Å². The highest BCUT2D eigenvalue weighted by Crippen LogP contribution is 2.34. The molecule has 2 atom stereocenters. The van der Waals surface area contributed by atoms with E-state index in [1.54, 1.807) is 0 Å². The molecular weight excluding hydrogens is 360 g/mol. The van der Waals surface area contributed by atoms with Gasteiger partial charge < -0.3 is 14.8 Å². The molecule has 1 unspecified atom stereocenters. The van der Waals surface area contributed by atoms with Gasteiger partial charge >= 0.3 is 6.09 Å². The zero-order valence-corrected chi connectivity index (χ0v) is 14.5. The van der Waals surface area contributed by atoms with E-state index in [1.807, 2.05) is 18.2 Å². The number of hydrogen-bond donors (Lipinski definition) is 1. The van der Waals surface area contributed by atoms with Crippen molar-refractivity contribution in [3.8, 4) is 5.75 Å². The number of alkyl carbamates (subject to hydrolysis) is 1. The third-order valence-corrected chi connectivity index (χ3v) is 5.66. The number of halogens is 1. The van der Waals surface area contributed by atoms with Crippen LogP contribution in [0.2, 0.25) is 0 Å². The van der Waals surface area contributed by atoms with Crippen molar-refractivity contribution in [2.24, 2.45) is 5.92 Å². The minimum absolute atomic E-state index is 0.0413. The maximum atomic E-state index is 12.3. The van der Waals surface area contributed by atoms with Crippen LogP contribution in [-0.4, -0.2) is 43.3 Å². The van der Waals surface area contributed by atoms with Crippen LogP contribution in [0.5, 0.6) is 5.75 Å². The van der Waals surface area contributed by atoms with Crippen LogP contribution in [0.4, 0.5) is 4.79 Å². The van der Waals surface area contributed by atoms with Gasteiger partial charge in [-0.2, -0.15) is 0 Å². The molecule has 5 nitrogen and oxygen atoms in total. The van der Waals surface area contributed by atoms with Gasteiger partial charge in [-0.15, -0.1) is 0 Å². The van der Waals surface area contributed by atoms with Gasteiger partial charge in [0.25, 0.3) is 0 Å². The summed E-state index contributed by atoms with van der Waals surface area (Å²) in [5.41, 5.74) is 1.02. The van der Waals surface area contributed by atoms with E-state index in [0.29, 0.717) is 12.5 Å². The number of benzene rings is 1. The normalized spacial score (nSPS) is 31.9. The van der Waals surface area contributed by atoms with Crippen molar-refractivity contribution in [2.75, 3.05) is 26.2 Å². The van der Waals surface area contributed by atoms with E-state index in [9.17, 15) is 4.79 Å². The second kappa shape index (κ2) is 6.32. The van der Waals surface area contributed by atoms with Gasteiger partial charge in [0.2, 0.25) is 0 Å². The number of fused-ring (bicyclic) bond motifs is 4. The molecule has 124 valence electrons. The maximum Gasteiger partial charge on any atom is 0.407 e. The molecule has 1 amide bonds. The summed E-state index contributed by atoms with van der Waals surface area (Å²) in [5, 5.41) is 3.03. The Morgan fingerprint density at radius 3 is 2.87 bits per heavy atom. The summed E-state index contributed by atoms with van der Waals surface area (Å²) in [6, 6.07) is 5.88. The van der Waals surface area contributed by atoms with E-state index in [4.69, 9.17) is 9.47 Å². The number of piperidine rings is 3. The Morgan fingerprint density at radius 2 is 2.13 bits per heavy atom. The highest BCUT2D eigenvalue weighted by atomic mass is 79.9. The minimum Gasteiger partial charge on any atom is -0.493 e. The lowest BCUT2D eigenvalue weighted by molar-refractivity contribution is -0.0342. The van der Waals surface area contributed by atoms with E-state index in [2.05, 4.69) is 26.1 Å². The molecule has 23 heavy (non-hydrogen) atoms. The van der Waals surface area contributed by atoms with Gasteiger partial charge in [-0.05, 0) is 44.0 Å². The number of carbonyl (C=O) groups is 1. The van der Waals surface area contributed by atoms with E-state index in [1.165, 1.54) is 0 Å². The second-order valence-corrected chi connectivity index (χ2v) is 7.51. The molecule has 1 aromatic rings. The SMILES string of the molecule is O=C(NC1CCOc2cc(Br)ccc21)O[C@H]1CN2CCC1CC2. The highest BCUT2D eigenvalue weighted by Gasteiger charge is 2.37. The zero-order chi connectivity index (χ0) is 15.8.